The predicted octanol–water partition coefficient (Wildman–Crippen LogP) is 2.19. The molecule has 2 rings (SSSR count). The SMILES string of the molecule is CCn1cc(C(CCc2ccccn2)NC)cn1. The third-order valence-electron chi connectivity index (χ3n) is 3.14. The molecule has 2 aromatic rings. The van der Waals surface area contributed by atoms with Crippen molar-refractivity contribution in [2.75, 3.05) is 7.05 Å². The molecule has 0 aliphatic rings. The van der Waals surface area contributed by atoms with Crippen molar-refractivity contribution in [1.29, 1.82) is 0 Å². The molecule has 18 heavy (non-hydrogen) atoms. The van der Waals surface area contributed by atoms with Gasteiger partial charge in [0.25, 0.3) is 0 Å². The summed E-state index contributed by atoms with van der Waals surface area (Å²) in [4.78, 5) is 4.35. The molecule has 0 spiro atoms. The van der Waals surface area contributed by atoms with Gasteiger partial charge in [-0.3, -0.25) is 9.67 Å². The molecule has 2 heterocycles. The summed E-state index contributed by atoms with van der Waals surface area (Å²) in [5.41, 5.74) is 2.39. The second-order valence-corrected chi connectivity index (χ2v) is 4.33. The van der Waals surface area contributed by atoms with E-state index in [0.717, 1.165) is 25.1 Å². The molecule has 0 fully saturated rings. The van der Waals surface area contributed by atoms with Crippen molar-refractivity contribution in [3.63, 3.8) is 0 Å². The molecule has 0 aromatic carbocycles. The van der Waals surface area contributed by atoms with Crippen molar-refractivity contribution >= 4 is 0 Å². The van der Waals surface area contributed by atoms with Gasteiger partial charge in [-0.15, -0.1) is 0 Å². The summed E-state index contributed by atoms with van der Waals surface area (Å²) in [5, 5.41) is 7.66. The highest BCUT2D eigenvalue weighted by Gasteiger charge is 2.11. The van der Waals surface area contributed by atoms with Gasteiger partial charge >= 0.3 is 0 Å². The van der Waals surface area contributed by atoms with Crippen molar-refractivity contribution in [3.8, 4) is 0 Å². The molecule has 0 aliphatic heterocycles. The quantitative estimate of drug-likeness (QED) is 0.847. The molecule has 1 atom stereocenters. The van der Waals surface area contributed by atoms with Gasteiger partial charge in [0.1, 0.15) is 0 Å². The predicted molar refractivity (Wildman–Crippen MR) is 72.3 cm³/mol. The lowest BCUT2D eigenvalue weighted by molar-refractivity contribution is 0.544. The zero-order chi connectivity index (χ0) is 12.8. The van der Waals surface area contributed by atoms with E-state index in [9.17, 15) is 0 Å². The lowest BCUT2D eigenvalue weighted by Gasteiger charge is -2.13. The lowest BCUT2D eigenvalue weighted by Crippen LogP contribution is -2.16. The van der Waals surface area contributed by atoms with Crippen LogP contribution >= 0.6 is 0 Å². The van der Waals surface area contributed by atoms with E-state index in [1.54, 1.807) is 0 Å². The fourth-order valence-corrected chi connectivity index (χ4v) is 2.05. The van der Waals surface area contributed by atoms with E-state index in [2.05, 4.69) is 34.6 Å². The molecule has 1 unspecified atom stereocenters. The molecule has 0 bridgehead atoms. The zero-order valence-corrected chi connectivity index (χ0v) is 11.0. The number of aromatic nitrogens is 3. The largest absolute Gasteiger partial charge is 0.313 e. The van der Waals surface area contributed by atoms with Crippen molar-refractivity contribution in [1.82, 2.24) is 20.1 Å². The van der Waals surface area contributed by atoms with E-state index in [4.69, 9.17) is 0 Å². The number of nitrogens with one attached hydrogen (secondary N) is 1. The van der Waals surface area contributed by atoms with Crippen LogP contribution in [0.1, 0.15) is 30.6 Å². The Bertz CT molecular complexity index is 464. The lowest BCUT2D eigenvalue weighted by atomic mass is 10.0. The van der Waals surface area contributed by atoms with Crippen LogP contribution in [0.4, 0.5) is 0 Å². The molecular formula is C14H20N4. The standard InChI is InChI=1S/C14H20N4/c1-3-18-11-12(10-17-18)14(15-2)8-7-13-6-4-5-9-16-13/h4-6,9-11,14-15H,3,7-8H2,1-2H3. The molecule has 4 heteroatoms. The van der Waals surface area contributed by atoms with Crippen LogP contribution in [0.3, 0.4) is 0 Å². The maximum atomic E-state index is 4.35. The average Bonchev–Trinajstić information content (AvgIpc) is 2.89. The smallest absolute Gasteiger partial charge is 0.0537 e. The number of pyridine rings is 1. The fourth-order valence-electron chi connectivity index (χ4n) is 2.05. The topological polar surface area (TPSA) is 42.7 Å². The van der Waals surface area contributed by atoms with E-state index in [1.807, 2.05) is 36.3 Å². The summed E-state index contributed by atoms with van der Waals surface area (Å²) in [6.45, 7) is 3.01. The van der Waals surface area contributed by atoms with Crippen LogP contribution in [0.2, 0.25) is 0 Å². The number of hydrogen-bond donors (Lipinski definition) is 1. The first kappa shape index (κ1) is 12.8. The summed E-state index contributed by atoms with van der Waals surface area (Å²) in [5.74, 6) is 0. The van der Waals surface area contributed by atoms with E-state index in [1.165, 1.54) is 5.56 Å². The minimum absolute atomic E-state index is 0.340. The highest BCUT2D eigenvalue weighted by Crippen LogP contribution is 2.17. The van der Waals surface area contributed by atoms with Gasteiger partial charge in [-0.25, -0.2) is 0 Å². The maximum Gasteiger partial charge on any atom is 0.0537 e. The Morgan fingerprint density at radius 2 is 2.28 bits per heavy atom. The third kappa shape index (κ3) is 3.17. The Hall–Kier alpha value is -1.68. The summed E-state index contributed by atoms with van der Waals surface area (Å²) < 4.78 is 1.96. The van der Waals surface area contributed by atoms with Crippen molar-refractivity contribution in [2.24, 2.45) is 0 Å². The minimum Gasteiger partial charge on any atom is -0.313 e. The third-order valence-corrected chi connectivity index (χ3v) is 3.14. The van der Waals surface area contributed by atoms with Crippen molar-refractivity contribution < 1.29 is 0 Å². The van der Waals surface area contributed by atoms with Crippen LogP contribution in [0.15, 0.2) is 36.8 Å². The van der Waals surface area contributed by atoms with Gasteiger partial charge < -0.3 is 5.32 Å². The minimum atomic E-state index is 0.340. The first-order valence-electron chi connectivity index (χ1n) is 6.43. The van der Waals surface area contributed by atoms with Crippen LogP contribution in [0.25, 0.3) is 0 Å². The number of nitrogens with zero attached hydrogens (tertiary/aromatic N) is 3. The summed E-state index contributed by atoms with van der Waals surface area (Å²) in [6.07, 6.45) is 7.91. The van der Waals surface area contributed by atoms with Gasteiger partial charge in [-0.05, 0) is 38.9 Å². The Labute approximate surface area is 108 Å². The van der Waals surface area contributed by atoms with Gasteiger partial charge in [0.2, 0.25) is 0 Å². The first-order valence-corrected chi connectivity index (χ1v) is 6.43. The molecule has 2 aromatic heterocycles. The maximum absolute atomic E-state index is 4.35. The van der Waals surface area contributed by atoms with Crippen molar-refractivity contribution in [3.05, 3.63) is 48.0 Å². The van der Waals surface area contributed by atoms with Crippen molar-refractivity contribution in [2.45, 2.75) is 32.4 Å². The molecule has 0 amide bonds. The van der Waals surface area contributed by atoms with Gasteiger partial charge in [-0.1, -0.05) is 6.07 Å². The van der Waals surface area contributed by atoms with E-state index >= 15 is 0 Å². The number of rotatable bonds is 6. The zero-order valence-electron chi connectivity index (χ0n) is 11.0. The Morgan fingerprint density at radius 3 is 2.89 bits per heavy atom. The highest BCUT2D eigenvalue weighted by molar-refractivity contribution is 5.12. The molecule has 0 saturated heterocycles. The van der Waals surface area contributed by atoms with Crippen LogP contribution < -0.4 is 5.32 Å². The van der Waals surface area contributed by atoms with Gasteiger partial charge in [0, 0.05) is 36.2 Å². The molecule has 0 aliphatic carbocycles. The van der Waals surface area contributed by atoms with Gasteiger partial charge in [-0.2, -0.15) is 5.10 Å². The van der Waals surface area contributed by atoms with E-state index in [-0.39, 0.29) is 0 Å². The number of aryl methyl sites for hydroxylation is 2. The second kappa shape index (κ2) is 6.31. The summed E-state index contributed by atoms with van der Waals surface area (Å²) in [6, 6.07) is 6.39. The molecule has 4 nitrogen and oxygen atoms in total. The Kier molecular flexibility index (Phi) is 4.47. The monoisotopic (exact) mass is 244 g/mol. The molecule has 96 valence electrons. The Morgan fingerprint density at radius 1 is 1.39 bits per heavy atom. The van der Waals surface area contributed by atoms with E-state index < -0.39 is 0 Å². The molecular weight excluding hydrogens is 224 g/mol. The molecule has 1 N–H and O–H groups in total. The number of hydrogen-bond acceptors (Lipinski definition) is 3. The van der Waals surface area contributed by atoms with Crippen LogP contribution in [-0.2, 0) is 13.0 Å². The van der Waals surface area contributed by atoms with Gasteiger partial charge in [0.05, 0.1) is 6.20 Å². The van der Waals surface area contributed by atoms with E-state index in [0.29, 0.717) is 6.04 Å². The van der Waals surface area contributed by atoms with Crippen LogP contribution in [0, 0.1) is 0 Å². The summed E-state index contributed by atoms with van der Waals surface area (Å²) in [7, 11) is 1.99. The Balaban J connectivity index is 1.97. The van der Waals surface area contributed by atoms with Crippen LogP contribution in [0.5, 0.6) is 0 Å². The molecule has 0 radical (unpaired) electrons. The molecule has 0 saturated carbocycles. The summed E-state index contributed by atoms with van der Waals surface area (Å²) >= 11 is 0. The average molecular weight is 244 g/mol. The first-order chi connectivity index (χ1) is 8.83. The van der Waals surface area contributed by atoms with Gasteiger partial charge in [0.15, 0.2) is 0 Å². The second-order valence-electron chi connectivity index (χ2n) is 4.33. The fraction of sp³-hybridized carbons (Fsp3) is 0.429. The highest BCUT2D eigenvalue weighted by atomic mass is 15.3. The normalized spacial score (nSPS) is 12.6. The van der Waals surface area contributed by atoms with Crippen LogP contribution in [-0.4, -0.2) is 21.8 Å².